The largest absolute Gasteiger partial charge is 1.00 e. The van der Waals surface area contributed by atoms with Gasteiger partial charge in [0.15, 0.2) is 0 Å². The van der Waals surface area contributed by atoms with Gasteiger partial charge in [0.1, 0.15) is 0 Å². The van der Waals surface area contributed by atoms with Crippen molar-refractivity contribution in [1.82, 2.24) is 10.6 Å². The summed E-state index contributed by atoms with van der Waals surface area (Å²) in [7, 11) is 0. The summed E-state index contributed by atoms with van der Waals surface area (Å²) in [6.07, 6.45) is -0.0741. The molecule has 0 heterocycles. The van der Waals surface area contributed by atoms with E-state index in [4.69, 9.17) is 0 Å². The van der Waals surface area contributed by atoms with Gasteiger partial charge < -0.3 is 60.3 Å². The monoisotopic (exact) mass is 256 g/mol. The van der Waals surface area contributed by atoms with Gasteiger partial charge in [0.2, 0.25) is 0 Å². The summed E-state index contributed by atoms with van der Waals surface area (Å²) in [6.45, 7) is 1.83. The Labute approximate surface area is 139 Å². The van der Waals surface area contributed by atoms with Crippen molar-refractivity contribution in [3.05, 3.63) is 0 Å². The molecule has 0 fully saturated rings. The minimum Gasteiger partial charge on any atom is -0.412 e. The molecule has 0 bridgehead atoms. The zero-order valence-electron chi connectivity index (χ0n) is 7.21. The average Bonchev–Trinajstić information content (AvgIpc) is 1.58. The third-order valence-electron chi connectivity index (χ3n) is 0.669. The van der Waals surface area contributed by atoms with E-state index in [-0.39, 0.29) is 65.3 Å². The fourth-order valence-corrected chi connectivity index (χ4v) is 1.10. The first kappa shape index (κ1) is 19.7. The standard InChI is InChI=1S/C4H8N2S4.2Na/c1-2(5-3(7)8)6-4(9)10;;/h2H,1H3,(H2,5,7,8)(H2,6,9,10);;/q;2*+1/p-2. The second-order valence-electron chi connectivity index (χ2n) is 1.59. The minimum atomic E-state index is -0.0741. The number of nitrogens with one attached hydrogen (secondary N) is 2. The molecule has 58 valence electrons. The smallest absolute Gasteiger partial charge is 0.412 e. The molecule has 0 aromatic rings. The molecular formula is C4H6N2Na2S4. The van der Waals surface area contributed by atoms with E-state index in [0.29, 0.717) is 8.64 Å². The maximum absolute atomic E-state index is 4.61. The van der Waals surface area contributed by atoms with Crippen molar-refractivity contribution in [2.24, 2.45) is 0 Å². The molecule has 0 rings (SSSR count). The predicted octanol–water partition coefficient (Wildman–Crippen LogP) is -5.82. The Morgan fingerprint density at radius 1 is 1.08 bits per heavy atom. The SMILES string of the molecule is CC(NC(=S)[S-])NC(=S)[S-].[Na+].[Na+]. The molecule has 0 aliphatic rings. The van der Waals surface area contributed by atoms with Gasteiger partial charge in [0, 0.05) is 0 Å². The Balaban J connectivity index is -0.000000405. The maximum Gasteiger partial charge on any atom is 1.00 e. The summed E-state index contributed by atoms with van der Waals surface area (Å²) >= 11 is 18.4. The Morgan fingerprint density at radius 3 is 1.50 bits per heavy atom. The fraction of sp³-hybridized carbons (Fsp3) is 0.500. The summed E-state index contributed by atoms with van der Waals surface area (Å²) in [5, 5.41) is 5.51. The molecule has 2 nitrogen and oxygen atoms in total. The predicted molar refractivity (Wildman–Crippen MR) is 55.7 cm³/mol. The van der Waals surface area contributed by atoms with Crippen molar-refractivity contribution < 1.29 is 59.1 Å². The summed E-state index contributed by atoms with van der Waals surface area (Å²) in [5.74, 6) is 0. The van der Waals surface area contributed by atoms with Gasteiger partial charge >= 0.3 is 59.1 Å². The molecule has 0 aromatic carbocycles. The van der Waals surface area contributed by atoms with E-state index in [2.05, 4.69) is 60.3 Å². The average molecular weight is 256 g/mol. The fourth-order valence-electron chi connectivity index (χ4n) is 0.390. The second-order valence-corrected chi connectivity index (χ2v) is 3.74. The Kier molecular flexibility index (Phi) is 18.6. The van der Waals surface area contributed by atoms with E-state index in [1.807, 2.05) is 6.92 Å². The van der Waals surface area contributed by atoms with Crippen LogP contribution in [0.1, 0.15) is 6.92 Å². The van der Waals surface area contributed by atoms with Crippen molar-refractivity contribution in [3.8, 4) is 0 Å². The molecular weight excluding hydrogens is 250 g/mol. The van der Waals surface area contributed by atoms with Crippen LogP contribution in [-0.4, -0.2) is 14.8 Å². The summed E-state index contributed by atoms with van der Waals surface area (Å²) < 4.78 is 0.623. The van der Waals surface area contributed by atoms with E-state index in [9.17, 15) is 0 Å². The topological polar surface area (TPSA) is 24.1 Å². The second kappa shape index (κ2) is 11.3. The normalized spacial score (nSPS) is 7.50. The first-order chi connectivity index (χ1) is 4.52. The van der Waals surface area contributed by atoms with Crippen molar-refractivity contribution in [3.63, 3.8) is 0 Å². The van der Waals surface area contributed by atoms with Gasteiger partial charge in [0.25, 0.3) is 0 Å². The van der Waals surface area contributed by atoms with Gasteiger partial charge in [-0.15, -0.1) is 0 Å². The molecule has 0 aromatic heterocycles. The zero-order valence-corrected chi connectivity index (χ0v) is 14.5. The van der Waals surface area contributed by atoms with E-state index in [1.165, 1.54) is 0 Å². The number of hydrogen-bond acceptors (Lipinski definition) is 4. The molecule has 0 aliphatic heterocycles. The Morgan fingerprint density at radius 2 is 1.33 bits per heavy atom. The van der Waals surface area contributed by atoms with Crippen molar-refractivity contribution in [2.75, 3.05) is 0 Å². The molecule has 0 amide bonds. The maximum atomic E-state index is 4.61. The Hall–Kier alpha value is 2.22. The first-order valence-corrected chi connectivity index (χ1v) is 4.10. The van der Waals surface area contributed by atoms with Crippen LogP contribution in [0, 0.1) is 0 Å². The molecule has 12 heavy (non-hydrogen) atoms. The van der Waals surface area contributed by atoms with Crippen LogP contribution in [0.5, 0.6) is 0 Å². The van der Waals surface area contributed by atoms with Gasteiger partial charge in [-0.2, -0.15) is 0 Å². The molecule has 0 aliphatic carbocycles. The molecule has 0 saturated carbocycles. The van der Waals surface area contributed by atoms with Crippen molar-refractivity contribution >= 4 is 58.3 Å². The Bertz CT molecular complexity index is 138. The van der Waals surface area contributed by atoms with Crippen LogP contribution < -0.4 is 69.7 Å². The van der Waals surface area contributed by atoms with Crippen molar-refractivity contribution in [1.29, 1.82) is 0 Å². The van der Waals surface area contributed by atoms with E-state index >= 15 is 0 Å². The molecule has 0 unspecified atom stereocenters. The van der Waals surface area contributed by atoms with E-state index < -0.39 is 0 Å². The van der Waals surface area contributed by atoms with Gasteiger partial charge in [-0.25, -0.2) is 0 Å². The van der Waals surface area contributed by atoms with E-state index in [1.54, 1.807) is 0 Å². The molecule has 0 spiro atoms. The summed E-state index contributed by atoms with van der Waals surface area (Å²) in [5.41, 5.74) is 0. The molecule has 0 saturated heterocycles. The third-order valence-corrected chi connectivity index (χ3v) is 1.14. The van der Waals surface area contributed by atoms with Crippen LogP contribution in [0.2, 0.25) is 0 Å². The van der Waals surface area contributed by atoms with Crippen LogP contribution in [-0.2, 0) is 25.3 Å². The van der Waals surface area contributed by atoms with Gasteiger partial charge in [0.05, 0.1) is 6.17 Å². The van der Waals surface area contributed by atoms with Crippen LogP contribution in [0.4, 0.5) is 0 Å². The van der Waals surface area contributed by atoms with Crippen LogP contribution in [0.3, 0.4) is 0 Å². The number of hydrogen-bond donors (Lipinski definition) is 2. The van der Waals surface area contributed by atoms with Crippen LogP contribution in [0.25, 0.3) is 0 Å². The van der Waals surface area contributed by atoms with E-state index in [0.717, 1.165) is 0 Å². The van der Waals surface area contributed by atoms with Gasteiger partial charge in [-0.1, -0.05) is 8.64 Å². The zero-order chi connectivity index (χ0) is 8.15. The van der Waals surface area contributed by atoms with Gasteiger partial charge in [-0.3, -0.25) is 0 Å². The summed E-state index contributed by atoms with van der Waals surface area (Å²) in [4.78, 5) is 0. The summed E-state index contributed by atoms with van der Waals surface area (Å²) in [6, 6.07) is 0. The van der Waals surface area contributed by atoms with Gasteiger partial charge in [-0.05, 0) is 6.92 Å². The molecule has 8 heteroatoms. The molecule has 0 atom stereocenters. The van der Waals surface area contributed by atoms with Crippen LogP contribution in [0.15, 0.2) is 0 Å². The van der Waals surface area contributed by atoms with Crippen LogP contribution >= 0.6 is 24.4 Å². The third kappa shape index (κ3) is 14.7. The number of rotatable bonds is 2. The first-order valence-electron chi connectivity index (χ1n) is 2.47. The molecule has 2 N–H and O–H groups in total. The van der Waals surface area contributed by atoms with Crippen molar-refractivity contribution in [2.45, 2.75) is 13.1 Å². The minimum absolute atomic E-state index is 0. The molecule has 0 radical (unpaired) electrons. The quantitative estimate of drug-likeness (QED) is 0.221. The number of thiocarbonyl (C=S) groups is 2.